The maximum absolute atomic E-state index is 11.9. The Hall–Kier alpha value is -1.91. The quantitative estimate of drug-likeness (QED) is 0.812. The van der Waals surface area contributed by atoms with Gasteiger partial charge in [-0.1, -0.05) is 0 Å². The zero-order valence-electron chi connectivity index (χ0n) is 13.0. The predicted octanol–water partition coefficient (Wildman–Crippen LogP) is 2.45. The largest absolute Gasteiger partial charge is 0.336 e. The highest BCUT2D eigenvalue weighted by molar-refractivity contribution is 5.77. The van der Waals surface area contributed by atoms with Crippen molar-refractivity contribution < 1.29 is 4.79 Å². The number of rotatable bonds is 1. The van der Waals surface area contributed by atoms with Gasteiger partial charge < -0.3 is 9.47 Å². The van der Waals surface area contributed by atoms with Gasteiger partial charge in [0, 0.05) is 36.7 Å². The topological polar surface area (TPSA) is 51.0 Å². The Labute approximate surface area is 129 Å². The third-order valence-corrected chi connectivity index (χ3v) is 6.39. The molecule has 1 aliphatic heterocycles. The minimum atomic E-state index is 0.250. The lowest BCUT2D eigenvalue weighted by Gasteiger charge is -2.68. The lowest BCUT2D eigenvalue weighted by molar-refractivity contribution is -0.196. The van der Waals surface area contributed by atoms with E-state index in [1.165, 1.54) is 19.3 Å². The van der Waals surface area contributed by atoms with Crippen molar-refractivity contribution in [2.45, 2.75) is 57.7 Å². The Kier molecular flexibility index (Phi) is 2.23. The van der Waals surface area contributed by atoms with E-state index in [1.54, 1.807) is 13.1 Å². The van der Waals surface area contributed by atoms with E-state index in [-0.39, 0.29) is 5.91 Å². The minimum Gasteiger partial charge on any atom is -0.336 e. The number of hydrogen-bond acceptors (Lipinski definition) is 3. The fourth-order valence-corrected chi connectivity index (χ4v) is 5.52. The summed E-state index contributed by atoms with van der Waals surface area (Å²) in [7, 11) is 0. The van der Waals surface area contributed by atoms with Gasteiger partial charge in [-0.25, -0.2) is 4.98 Å². The molecule has 0 aromatic carbocycles. The third-order valence-electron chi connectivity index (χ3n) is 6.39. The van der Waals surface area contributed by atoms with Crippen LogP contribution >= 0.6 is 0 Å². The maximum atomic E-state index is 11.9. The van der Waals surface area contributed by atoms with Gasteiger partial charge >= 0.3 is 0 Å². The molecule has 3 heterocycles. The Bertz CT molecular complexity index is 797. The number of carbonyl (C=O) groups is 1. The number of carbonyl (C=O) groups excluding carboxylic acids is 1. The highest BCUT2D eigenvalue weighted by atomic mass is 16.2. The Balaban J connectivity index is 1.55. The average Bonchev–Trinajstić information content (AvgIpc) is 2.99. The first kappa shape index (κ1) is 12.6. The van der Waals surface area contributed by atoms with Gasteiger partial charge in [0.15, 0.2) is 0 Å². The Morgan fingerprint density at radius 2 is 2.27 bits per heavy atom. The second-order valence-corrected chi connectivity index (χ2v) is 7.22. The molecular formula is C17H20N4O. The minimum absolute atomic E-state index is 0.250. The van der Waals surface area contributed by atoms with Crippen molar-refractivity contribution in [2.75, 3.05) is 0 Å². The van der Waals surface area contributed by atoms with Gasteiger partial charge in [-0.15, -0.1) is 0 Å². The van der Waals surface area contributed by atoms with Gasteiger partial charge in [0.1, 0.15) is 5.82 Å². The number of hydrogen-bond donors (Lipinski definition) is 0. The number of piperidine rings is 1. The fourth-order valence-electron chi connectivity index (χ4n) is 5.52. The van der Waals surface area contributed by atoms with Gasteiger partial charge in [0.05, 0.1) is 17.2 Å². The molecule has 4 unspecified atom stereocenters. The molecule has 5 nitrogen and oxygen atoms in total. The molecule has 1 spiro atoms. The monoisotopic (exact) mass is 296 g/mol. The molecule has 3 aliphatic rings. The van der Waals surface area contributed by atoms with Crippen LogP contribution in [0.25, 0.3) is 11.0 Å². The molecule has 114 valence electrons. The zero-order chi connectivity index (χ0) is 15.1. The molecule has 2 aromatic rings. The second-order valence-electron chi connectivity index (χ2n) is 7.22. The van der Waals surface area contributed by atoms with Crippen molar-refractivity contribution in [3.05, 3.63) is 24.3 Å². The van der Waals surface area contributed by atoms with Gasteiger partial charge in [-0.2, -0.15) is 0 Å². The molecule has 0 radical (unpaired) electrons. The molecule has 2 aromatic heterocycles. The normalized spacial score (nSPS) is 35.7. The molecule has 1 amide bonds. The molecular weight excluding hydrogens is 276 g/mol. The van der Waals surface area contributed by atoms with E-state index in [1.807, 2.05) is 12.3 Å². The standard InChI is InChI=1S/C17H20N4O/c1-10-19-13-4-6-18-9-14(13)20(10)12-7-16-17(8-12)5-3-15(17)21(16)11(2)22/h4,6,9,12,15-16H,3,5,7-8H2,1-2H3. The number of aryl methyl sites for hydroxylation is 1. The molecule has 2 saturated carbocycles. The molecule has 4 atom stereocenters. The van der Waals surface area contributed by atoms with E-state index in [2.05, 4.69) is 26.4 Å². The van der Waals surface area contributed by atoms with Crippen molar-refractivity contribution in [3.63, 3.8) is 0 Å². The molecule has 0 N–H and O–H groups in total. The summed E-state index contributed by atoms with van der Waals surface area (Å²) < 4.78 is 2.36. The van der Waals surface area contributed by atoms with Crippen LogP contribution in [0.1, 0.15) is 44.5 Å². The Morgan fingerprint density at radius 1 is 1.41 bits per heavy atom. The molecule has 0 bridgehead atoms. The van der Waals surface area contributed by atoms with Crippen molar-refractivity contribution >= 4 is 16.9 Å². The zero-order valence-corrected chi connectivity index (χ0v) is 13.0. The van der Waals surface area contributed by atoms with Crippen LogP contribution in [0.4, 0.5) is 0 Å². The van der Waals surface area contributed by atoms with Crippen LogP contribution < -0.4 is 0 Å². The van der Waals surface area contributed by atoms with Crippen LogP contribution in [0.15, 0.2) is 18.5 Å². The summed E-state index contributed by atoms with van der Waals surface area (Å²) in [6.07, 6.45) is 8.45. The second kappa shape index (κ2) is 3.89. The molecule has 1 saturated heterocycles. The molecule has 22 heavy (non-hydrogen) atoms. The number of aromatic nitrogens is 3. The van der Waals surface area contributed by atoms with Gasteiger partial charge in [0.25, 0.3) is 0 Å². The van der Waals surface area contributed by atoms with E-state index < -0.39 is 0 Å². The van der Waals surface area contributed by atoms with Crippen LogP contribution in [0, 0.1) is 12.3 Å². The first-order chi connectivity index (χ1) is 10.6. The van der Waals surface area contributed by atoms with Crippen molar-refractivity contribution in [2.24, 2.45) is 5.41 Å². The summed E-state index contributed by atoms with van der Waals surface area (Å²) in [5, 5.41) is 0. The Morgan fingerprint density at radius 3 is 3.00 bits per heavy atom. The van der Waals surface area contributed by atoms with Crippen LogP contribution in [-0.2, 0) is 4.79 Å². The number of likely N-dealkylation sites (tertiary alicyclic amines) is 1. The van der Waals surface area contributed by atoms with E-state index in [4.69, 9.17) is 0 Å². The first-order valence-corrected chi connectivity index (χ1v) is 8.19. The average molecular weight is 296 g/mol. The highest BCUT2D eigenvalue weighted by Gasteiger charge is 2.70. The fraction of sp³-hybridized carbons (Fsp3) is 0.588. The number of imidazole rings is 1. The third kappa shape index (κ3) is 1.29. The van der Waals surface area contributed by atoms with Crippen molar-refractivity contribution in [3.8, 4) is 0 Å². The van der Waals surface area contributed by atoms with Crippen molar-refractivity contribution in [1.82, 2.24) is 19.4 Å². The van der Waals surface area contributed by atoms with Crippen LogP contribution in [-0.4, -0.2) is 37.4 Å². The molecule has 2 aliphatic carbocycles. The molecule has 5 rings (SSSR count). The SMILES string of the molecule is CC(=O)N1C2CCC23CC(n2c(C)nc4ccncc42)CC13. The number of amides is 1. The van der Waals surface area contributed by atoms with Crippen LogP contribution in [0.3, 0.4) is 0 Å². The van der Waals surface area contributed by atoms with Crippen molar-refractivity contribution in [1.29, 1.82) is 0 Å². The van der Waals surface area contributed by atoms with Gasteiger partial charge in [0.2, 0.25) is 5.91 Å². The number of pyridine rings is 1. The first-order valence-electron chi connectivity index (χ1n) is 8.19. The van der Waals surface area contributed by atoms with E-state index in [0.717, 1.165) is 23.3 Å². The summed E-state index contributed by atoms with van der Waals surface area (Å²) in [5.74, 6) is 1.32. The molecule has 5 heteroatoms. The summed E-state index contributed by atoms with van der Waals surface area (Å²) in [4.78, 5) is 23.0. The van der Waals surface area contributed by atoms with Gasteiger partial charge in [-0.3, -0.25) is 9.78 Å². The number of nitrogens with zero attached hydrogens (tertiary/aromatic N) is 4. The van der Waals surface area contributed by atoms with Crippen LogP contribution in [0.5, 0.6) is 0 Å². The summed E-state index contributed by atoms with van der Waals surface area (Å²) >= 11 is 0. The predicted molar refractivity (Wildman–Crippen MR) is 82.3 cm³/mol. The van der Waals surface area contributed by atoms with E-state index >= 15 is 0 Å². The smallest absolute Gasteiger partial charge is 0.219 e. The van der Waals surface area contributed by atoms with Crippen LogP contribution in [0.2, 0.25) is 0 Å². The van der Waals surface area contributed by atoms with E-state index in [0.29, 0.717) is 23.5 Å². The summed E-state index contributed by atoms with van der Waals surface area (Å²) in [5.41, 5.74) is 2.56. The number of fused-ring (bicyclic) bond motifs is 1. The lowest BCUT2D eigenvalue weighted by Crippen LogP contribution is -2.75. The van der Waals surface area contributed by atoms with E-state index in [9.17, 15) is 4.79 Å². The summed E-state index contributed by atoms with van der Waals surface area (Å²) in [6, 6.07) is 3.39. The summed E-state index contributed by atoms with van der Waals surface area (Å²) in [6.45, 7) is 3.80. The highest BCUT2D eigenvalue weighted by Crippen LogP contribution is 2.67. The van der Waals surface area contributed by atoms with Gasteiger partial charge in [-0.05, 0) is 38.7 Å². The maximum Gasteiger partial charge on any atom is 0.219 e. The lowest BCUT2D eigenvalue weighted by atomic mass is 9.53. The molecule has 3 fully saturated rings.